The van der Waals surface area contributed by atoms with Crippen LogP contribution in [-0.2, 0) is 19.6 Å². The molecule has 0 spiro atoms. The van der Waals surface area contributed by atoms with Crippen LogP contribution >= 0.6 is 11.3 Å². The molecule has 14 nitrogen and oxygen atoms in total. The van der Waals surface area contributed by atoms with E-state index < -0.39 is 45.8 Å². The van der Waals surface area contributed by atoms with E-state index in [1.165, 1.54) is 24.6 Å². The van der Waals surface area contributed by atoms with Gasteiger partial charge in [0.2, 0.25) is 11.9 Å². The Hall–Kier alpha value is -3.94. The number of alkyl carbamates (subject to hydrolysis) is 1. The van der Waals surface area contributed by atoms with Gasteiger partial charge in [0.25, 0.3) is 10.0 Å². The zero-order valence-corrected chi connectivity index (χ0v) is 27.6. The molecule has 44 heavy (non-hydrogen) atoms. The minimum Gasteiger partial charge on any atom is -0.496 e. The number of amides is 2. The zero-order valence-electron chi connectivity index (χ0n) is 25.9. The summed E-state index contributed by atoms with van der Waals surface area (Å²) in [6, 6.07) is 1.38. The Labute approximate surface area is 262 Å². The third-order valence-corrected chi connectivity index (χ3v) is 8.87. The fraction of sp³-hybridized carbons (Fsp3) is 0.536. The minimum absolute atomic E-state index is 0.0582. The van der Waals surface area contributed by atoms with Gasteiger partial charge in [-0.1, -0.05) is 0 Å². The van der Waals surface area contributed by atoms with Gasteiger partial charge in [-0.2, -0.15) is 5.26 Å². The number of carbonyl (C=O) groups excluding carboxylic acids is 2. The molecule has 0 saturated heterocycles. The lowest BCUT2D eigenvalue weighted by Gasteiger charge is -2.26. The summed E-state index contributed by atoms with van der Waals surface area (Å²) >= 11 is 1.19. The van der Waals surface area contributed by atoms with Crippen LogP contribution in [0.1, 0.15) is 67.8 Å². The van der Waals surface area contributed by atoms with Crippen LogP contribution < -0.4 is 25.8 Å². The first-order valence-corrected chi connectivity index (χ1v) is 16.1. The number of nitriles is 1. The third kappa shape index (κ3) is 10.4. The van der Waals surface area contributed by atoms with Gasteiger partial charge in [-0.15, -0.1) is 11.3 Å². The van der Waals surface area contributed by atoms with Gasteiger partial charge in [-0.05, 0) is 77.1 Å². The van der Waals surface area contributed by atoms with E-state index in [4.69, 9.17) is 15.2 Å². The van der Waals surface area contributed by atoms with Crippen molar-refractivity contribution in [2.24, 2.45) is 10.7 Å². The van der Waals surface area contributed by atoms with E-state index in [9.17, 15) is 28.4 Å². The number of guanidine groups is 1. The lowest BCUT2D eigenvalue weighted by Crippen LogP contribution is -2.51. The van der Waals surface area contributed by atoms with E-state index in [1.54, 1.807) is 53.0 Å². The predicted octanol–water partition coefficient (Wildman–Crippen LogP) is 2.48. The molecule has 2 rings (SSSR count). The first kappa shape index (κ1) is 36.3. The molecule has 1 aromatic carbocycles. The highest BCUT2D eigenvalue weighted by atomic mass is 32.2. The number of aryl methyl sites for hydroxylation is 1. The van der Waals surface area contributed by atoms with Gasteiger partial charge in [0, 0.05) is 18.1 Å². The van der Waals surface area contributed by atoms with Crippen LogP contribution in [0.2, 0.25) is 0 Å². The smallest absolute Gasteiger partial charge is 0.408 e. The molecule has 1 aromatic heterocycles. The first-order chi connectivity index (χ1) is 20.5. The maximum Gasteiger partial charge on any atom is 0.408 e. The molecule has 0 radical (unpaired) electrons. The van der Waals surface area contributed by atoms with Gasteiger partial charge >= 0.3 is 6.09 Å². The molecule has 1 unspecified atom stereocenters. The molecule has 0 aliphatic heterocycles. The number of nitrogens with zero attached hydrogens (tertiary/aromatic N) is 3. The number of aliphatic hydroxyl groups is 1. The quantitative estimate of drug-likeness (QED) is 0.121. The third-order valence-electron chi connectivity index (χ3n) is 6.38. The van der Waals surface area contributed by atoms with E-state index in [2.05, 4.69) is 25.3 Å². The molecule has 16 heteroatoms. The summed E-state index contributed by atoms with van der Waals surface area (Å²) in [4.78, 5) is 33.6. The van der Waals surface area contributed by atoms with E-state index in [-0.39, 0.29) is 36.7 Å². The molecular formula is C28H41N7O7S2. The number of benzene rings is 1. The van der Waals surface area contributed by atoms with Crippen molar-refractivity contribution in [3.8, 4) is 11.8 Å². The normalized spacial score (nSPS) is 14.1. The Morgan fingerprint density at radius 3 is 2.48 bits per heavy atom. The van der Waals surface area contributed by atoms with Gasteiger partial charge in [-0.25, -0.2) is 22.9 Å². The number of nitrogens with one attached hydrogen (secondary N) is 3. The number of nitrogens with two attached hydrogens (primary N) is 1. The Kier molecular flexibility index (Phi) is 12.9. The fourth-order valence-corrected chi connectivity index (χ4v) is 6.44. The number of carbonyl (C=O) groups is 2. The molecule has 3 atom stereocenters. The second-order valence-corrected chi connectivity index (χ2v) is 13.5. The molecule has 0 bridgehead atoms. The van der Waals surface area contributed by atoms with Crippen LogP contribution in [0, 0.1) is 32.1 Å². The minimum atomic E-state index is -4.05. The van der Waals surface area contributed by atoms with Gasteiger partial charge in [0.15, 0.2) is 0 Å². The highest BCUT2D eigenvalue weighted by molar-refractivity contribution is 7.90. The number of hydrogen-bond donors (Lipinski definition) is 5. The summed E-state index contributed by atoms with van der Waals surface area (Å²) in [5.74, 6) is -0.454. The highest BCUT2D eigenvalue weighted by Crippen LogP contribution is 2.30. The summed E-state index contributed by atoms with van der Waals surface area (Å²) in [5.41, 5.74) is 6.78. The highest BCUT2D eigenvalue weighted by Gasteiger charge is 2.30. The van der Waals surface area contributed by atoms with Crippen LogP contribution in [0.3, 0.4) is 0 Å². The van der Waals surface area contributed by atoms with E-state index in [0.29, 0.717) is 27.4 Å². The fourth-order valence-electron chi connectivity index (χ4n) is 4.27. The number of hydrogen-bond acceptors (Lipinski definition) is 11. The molecule has 0 aliphatic carbocycles. The van der Waals surface area contributed by atoms with Gasteiger partial charge in [-0.3, -0.25) is 9.79 Å². The maximum atomic E-state index is 13.1. The summed E-state index contributed by atoms with van der Waals surface area (Å²) in [7, 11) is -2.54. The van der Waals surface area contributed by atoms with Crippen molar-refractivity contribution in [2.45, 2.75) is 89.5 Å². The molecule has 0 aliphatic rings. The topological polar surface area (TPSA) is 218 Å². The number of rotatable bonds is 13. The molecular weight excluding hydrogens is 610 g/mol. The van der Waals surface area contributed by atoms with Crippen molar-refractivity contribution in [3.05, 3.63) is 39.3 Å². The van der Waals surface area contributed by atoms with Crippen LogP contribution in [-0.4, -0.2) is 67.8 Å². The molecule has 1 heterocycles. The van der Waals surface area contributed by atoms with Crippen molar-refractivity contribution in [2.75, 3.05) is 13.7 Å². The van der Waals surface area contributed by atoms with Crippen molar-refractivity contribution in [3.63, 3.8) is 0 Å². The van der Waals surface area contributed by atoms with E-state index in [0.717, 1.165) is 0 Å². The summed E-state index contributed by atoms with van der Waals surface area (Å²) in [6.45, 7) is 10.1. The Morgan fingerprint density at radius 1 is 1.23 bits per heavy atom. The maximum absolute atomic E-state index is 13.1. The average molecular weight is 652 g/mol. The summed E-state index contributed by atoms with van der Waals surface area (Å²) < 4.78 is 39.1. The van der Waals surface area contributed by atoms with Gasteiger partial charge < -0.3 is 30.9 Å². The van der Waals surface area contributed by atoms with E-state index >= 15 is 0 Å². The average Bonchev–Trinajstić information content (AvgIpc) is 3.45. The predicted molar refractivity (Wildman–Crippen MR) is 166 cm³/mol. The van der Waals surface area contributed by atoms with Crippen LogP contribution in [0.25, 0.3) is 0 Å². The molecule has 2 aromatic rings. The van der Waals surface area contributed by atoms with Gasteiger partial charge in [0.1, 0.15) is 28.5 Å². The number of sulfonamides is 1. The Balaban J connectivity index is 2.13. The molecule has 0 fully saturated rings. The van der Waals surface area contributed by atoms with E-state index in [1.807, 2.05) is 6.07 Å². The standard InChI is InChI=1S/C28H41N7O7S2/c1-16-15-21(41-7)17(2)18(3)23(16)44(39,40)35-26(30)32-12-8-9-19(22(36)25-31-13-14-43-25)33-24(37)20(10-11-29)34-27(38)42-28(4,5)6/h13-15,19-20,22,36H,8-10,12H2,1-7H3,(H,33,37)(H,34,38)(H3,30,32,35)/t19-,20-,22?/m0/s1. The molecule has 242 valence electrons. The lowest BCUT2D eigenvalue weighted by molar-refractivity contribution is -0.124. The molecule has 6 N–H and O–H groups in total. The number of methoxy groups -OCH3 is 1. The number of aliphatic hydroxyl groups excluding tert-OH is 1. The number of aliphatic imine (C=N–C) groups is 1. The van der Waals surface area contributed by atoms with Crippen molar-refractivity contribution < 1.29 is 32.6 Å². The number of thiazole rings is 1. The van der Waals surface area contributed by atoms with Crippen molar-refractivity contribution >= 4 is 39.3 Å². The lowest BCUT2D eigenvalue weighted by atomic mass is 10.0. The van der Waals surface area contributed by atoms with Crippen molar-refractivity contribution in [1.29, 1.82) is 5.26 Å². The zero-order chi connectivity index (χ0) is 33.2. The second kappa shape index (κ2) is 15.7. The molecule has 0 saturated carbocycles. The van der Waals surface area contributed by atoms with Crippen LogP contribution in [0.5, 0.6) is 5.75 Å². The SMILES string of the molecule is COc1cc(C)c(S(=O)(=O)NC(N)=NCCC[C@H](NC(=O)[C@H](CC#N)NC(=O)OC(C)(C)C)C(O)c2nccs2)c(C)c1C. The number of aromatic nitrogens is 1. The van der Waals surface area contributed by atoms with Crippen molar-refractivity contribution in [1.82, 2.24) is 20.3 Å². The van der Waals surface area contributed by atoms with Crippen LogP contribution in [0.4, 0.5) is 4.79 Å². The Morgan fingerprint density at radius 2 is 1.91 bits per heavy atom. The summed E-state index contributed by atoms with van der Waals surface area (Å²) in [5, 5.41) is 27.3. The Bertz CT molecular complexity index is 1480. The summed E-state index contributed by atoms with van der Waals surface area (Å²) in [6.07, 6.45) is -0.441. The molecule has 2 amide bonds. The van der Waals surface area contributed by atoms with Crippen LogP contribution in [0.15, 0.2) is 27.5 Å². The first-order valence-electron chi connectivity index (χ1n) is 13.7. The van der Waals surface area contributed by atoms with Gasteiger partial charge in [0.05, 0.1) is 30.5 Å². The second-order valence-electron chi connectivity index (χ2n) is 11.0. The monoisotopic (exact) mass is 651 g/mol. The number of ether oxygens (including phenoxy) is 2. The largest absolute Gasteiger partial charge is 0.496 e.